The molecule has 5 aromatic carbocycles. The zero-order valence-corrected chi connectivity index (χ0v) is 20.7. The molecule has 0 radical (unpaired) electrons. The maximum absolute atomic E-state index is 6.18. The third-order valence-electron chi connectivity index (χ3n) is 7.07. The highest BCUT2D eigenvalue weighted by Crippen LogP contribution is 2.50. The third kappa shape index (κ3) is 3.46. The van der Waals surface area contributed by atoms with Gasteiger partial charge in [-0.3, -0.25) is 0 Å². The Bertz CT molecular complexity index is 1930. The quantitative estimate of drug-likeness (QED) is 0.240. The number of rotatable bonds is 3. The molecular weight excluding hydrogens is 484 g/mol. The Morgan fingerprint density at radius 3 is 1.90 bits per heavy atom. The molecule has 8 rings (SSSR count). The van der Waals surface area contributed by atoms with E-state index in [4.69, 9.17) is 9.15 Å². The molecule has 1 aliphatic rings. The number of oxazole rings is 1. The van der Waals surface area contributed by atoms with Gasteiger partial charge in [0.2, 0.25) is 11.5 Å². The predicted molar refractivity (Wildman–Crippen MR) is 153 cm³/mol. The van der Waals surface area contributed by atoms with Gasteiger partial charge >= 0.3 is 0 Å². The van der Waals surface area contributed by atoms with E-state index in [2.05, 4.69) is 86.6 Å². The van der Waals surface area contributed by atoms with E-state index in [0.717, 1.165) is 56.0 Å². The van der Waals surface area contributed by atoms with Crippen LogP contribution in [0.3, 0.4) is 0 Å². The second-order valence-electron chi connectivity index (χ2n) is 9.33. The van der Waals surface area contributed by atoms with Gasteiger partial charge in [-0.2, -0.15) is 4.98 Å². The lowest BCUT2D eigenvalue weighted by Crippen LogP contribution is -2.15. The van der Waals surface area contributed by atoms with Gasteiger partial charge < -0.3 is 14.1 Å². The number of hydrogen-bond acceptors (Lipinski definition) is 6. The highest BCUT2D eigenvalue weighted by Gasteiger charge is 2.25. The minimum atomic E-state index is 0.433. The van der Waals surface area contributed by atoms with Gasteiger partial charge in [0.25, 0.3) is 5.71 Å². The van der Waals surface area contributed by atoms with Crippen LogP contribution in [0, 0.1) is 0 Å². The summed E-state index contributed by atoms with van der Waals surface area (Å²) in [6.07, 6.45) is 3.23. The smallest absolute Gasteiger partial charge is 0.266 e. The highest BCUT2D eigenvalue weighted by atomic mass is 16.5. The monoisotopic (exact) mass is 504 g/mol. The molecule has 0 fully saturated rings. The molecule has 184 valence electrons. The molecule has 3 heterocycles. The summed E-state index contributed by atoms with van der Waals surface area (Å²) in [6.45, 7) is 0. The van der Waals surface area contributed by atoms with Crippen molar-refractivity contribution in [3.63, 3.8) is 0 Å². The first kappa shape index (κ1) is 21.6. The minimum Gasteiger partial charge on any atom is -0.453 e. The van der Waals surface area contributed by atoms with Crippen LogP contribution in [0.2, 0.25) is 0 Å². The van der Waals surface area contributed by atoms with E-state index in [1.54, 1.807) is 12.4 Å². The van der Waals surface area contributed by atoms with E-state index in [1.807, 2.05) is 42.5 Å². The number of ether oxygens (including phenoxy) is 1. The van der Waals surface area contributed by atoms with E-state index in [0.29, 0.717) is 17.3 Å². The van der Waals surface area contributed by atoms with E-state index < -0.39 is 0 Å². The number of benzene rings is 5. The molecule has 6 heteroatoms. The largest absolute Gasteiger partial charge is 0.453 e. The van der Waals surface area contributed by atoms with Crippen molar-refractivity contribution >= 4 is 39.2 Å². The van der Waals surface area contributed by atoms with Gasteiger partial charge in [0.15, 0.2) is 11.5 Å². The summed E-state index contributed by atoms with van der Waals surface area (Å²) in [6, 6.07) is 37.4. The van der Waals surface area contributed by atoms with Crippen LogP contribution in [0.1, 0.15) is 0 Å². The second-order valence-corrected chi connectivity index (χ2v) is 9.33. The van der Waals surface area contributed by atoms with Crippen molar-refractivity contribution in [2.24, 2.45) is 0 Å². The molecule has 0 saturated heterocycles. The van der Waals surface area contributed by atoms with Crippen molar-refractivity contribution in [2.75, 3.05) is 4.90 Å². The van der Waals surface area contributed by atoms with E-state index in [-0.39, 0.29) is 0 Å². The summed E-state index contributed by atoms with van der Waals surface area (Å²) in [4.78, 5) is 15.3. The average Bonchev–Trinajstić information content (AvgIpc) is 3.44. The van der Waals surface area contributed by atoms with Crippen LogP contribution in [-0.4, -0.2) is 15.0 Å². The summed E-state index contributed by atoms with van der Waals surface area (Å²) in [5.74, 6) is 2.19. The normalized spacial score (nSPS) is 12.3. The van der Waals surface area contributed by atoms with Crippen molar-refractivity contribution in [3.8, 4) is 34.1 Å². The molecule has 0 unspecified atom stereocenters. The third-order valence-corrected chi connectivity index (χ3v) is 7.07. The Kier molecular flexibility index (Phi) is 4.72. The Morgan fingerprint density at radius 1 is 0.564 bits per heavy atom. The van der Waals surface area contributed by atoms with Gasteiger partial charge in [0, 0.05) is 23.6 Å². The summed E-state index contributed by atoms with van der Waals surface area (Å²) in [7, 11) is 0. The fourth-order valence-corrected chi connectivity index (χ4v) is 5.30. The van der Waals surface area contributed by atoms with Gasteiger partial charge in [0.1, 0.15) is 0 Å². The first-order valence-corrected chi connectivity index (χ1v) is 12.7. The number of aromatic nitrogens is 3. The lowest BCUT2D eigenvalue weighted by atomic mass is 9.94. The maximum Gasteiger partial charge on any atom is 0.266 e. The second kappa shape index (κ2) is 8.53. The van der Waals surface area contributed by atoms with Crippen molar-refractivity contribution in [3.05, 3.63) is 122 Å². The summed E-state index contributed by atoms with van der Waals surface area (Å²) in [5, 5.41) is 2.18. The molecule has 0 aliphatic carbocycles. The first-order valence-electron chi connectivity index (χ1n) is 12.7. The molecular formula is C33H20N4O2. The fraction of sp³-hybridized carbons (Fsp3) is 0. The van der Waals surface area contributed by atoms with Gasteiger partial charge in [-0.25, -0.2) is 9.97 Å². The number of hydrogen-bond donors (Lipinski definition) is 0. The Hall–Kier alpha value is -5.49. The standard InChI is InChI=1S/C33H20N4O2/c1-2-8-25-24(7-1)23(17-18-26(25)32-36-31-33(39-32)35-20-19-34-31)21-13-15-22(16-14-21)37-27-9-3-5-11-29(27)38-30-12-6-4-10-28(30)37/h1-20H. The van der Waals surface area contributed by atoms with Crippen LogP contribution in [0.15, 0.2) is 126 Å². The van der Waals surface area contributed by atoms with Crippen LogP contribution in [0.25, 0.3) is 44.7 Å². The lowest BCUT2D eigenvalue weighted by molar-refractivity contribution is 0.477. The highest BCUT2D eigenvalue weighted by molar-refractivity contribution is 6.04. The molecule has 1 aliphatic heterocycles. The maximum atomic E-state index is 6.18. The molecule has 39 heavy (non-hydrogen) atoms. The van der Waals surface area contributed by atoms with E-state index in [9.17, 15) is 0 Å². The summed E-state index contributed by atoms with van der Waals surface area (Å²) >= 11 is 0. The zero-order valence-electron chi connectivity index (χ0n) is 20.7. The van der Waals surface area contributed by atoms with E-state index in [1.165, 1.54) is 0 Å². The van der Waals surface area contributed by atoms with Crippen LogP contribution < -0.4 is 9.64 Å². The summed E-state index contributed by atoms with van der Waals surface area (Å²) < 4.78 is 12.1. The lowest BCUT2D eigenvalue weighted by Gasteiger charge is -2.32. The van der Waals surface area contributed by atoms with E-state index >= 15 is 0 Å². The average molecular weight is 505 g/mol. The minimum absolute atomic E-state index is 0.433. The predicted octanol–water partition coefficient (Wildman–Crippen LogP) is 8.68. The molecule has 0 spiro atoms. The van der Waals surface area contributed by atoms with Crippen molar-refractivity contribution in [1.82, 2.24) is 15.0 Å². The molecule has 0 atom stereocenters. The zero-order chi connectivity index (χ0) is 25.8. The molecule has 0 amide bonds. The van der Waals surface area contributed by atoms with Gasteiger partial charge in [-0.1, -0.05) is 66.7 Å². The van der Waals surface area contributed by atoms with Crippen molar-refractivity contribution in [2.45, 2.75) is 0 Å². The Labute approximate surface area is 223 Å². The Morgan fingerprint density at radius 2 is 1.18 bits per heavy atom. The van der Waals surface area contributed by atoms with Crippen LogP contribution in [-0.2, 0) is 0 Å². The van der Waals surface area contributed by atoms with Crippen LogP contribution >= 0.6 is 0 Å². The number of para-hydroxylation sites is 4. The number of anilines is 3. The Balaban J connectivity index is 1.22. The SMILES string of the molecule is c1ccc2c(c1)Oc1ccccc1N2c1ccc(-c2ccc(-c3nc4nccnc4o3)c3ccccc23)cc1. The van der Waals surface area contributed by atoms with Crippen LogP contribution in [0.5, 0.6) is 11.5 Å². The van der Waals surface area contributed by atoms with Gasteiger partial charge in [-0.05, 0) is 64.4 Å². The number of nitrogens with zero attached hydrogens (tertiary/aromatic N) is 4. The summed E-state index contributed by atoms with van der Waals surface area (Å²) in [5.41, 5.74) is 7.20. The number of fused-ring (bicyclic) bond motifs is 4. The molecule has 2 aromatic heterocycles. The fourth-order valence-electron chi connectivity index (χ4n) is 5.30. The molecule has 0 N–H and O–H groups in total. The van der Waals surface area contributed by atoms with Crippen molar-refractivity contribution < 1.29 is 9.15 Å². The molecule has 0 bridgehead atoms. The van der Waals surface area contributed by atoms with Crippen LogP contribution in [0.4, 0.5) is 17.1 Å². The van der Waals surface area contributed by atoms with Crippen molar-refractivity contribution in [1.29, 1.82) is 0 Å². The molecule has 0 saturated carbocycles. The topological polar surface area (TPSA) is 64.3 Å². The first-order chi connectivity index (χ1) is 19.3. The van der Waals surface area contributed by atoms with Gasteiger partial charge in [0.05, 0.1) is 11.4 Å². The molecule has 6 nitrogen and oxygen atoms in total. The molecule has 7 aromatic rings. The van der Waals surface area contributed by atoms with Gasteiger partial charge in [-0.15, -0.1) is 0 Å².